The molecule has 0 spiro atoms. The Morgan fingerprint density at radius 3 is 2.70 bits per heavy atom. The first kappa shape index (κ1) is 21.5. The van der Waals surface area contributed by atoms with E-state index in [9.17, 15) is 0 Å². The zero-order chi connectivity index (χ0) is 19.3. The number of nitrogens with zero attached hydrogens (tertiary/aromatic N) is 1. The van der Waals surface area contributed by atoms with Gasteiger partial charge in [0.05, 0.1) is 19.4 Å². The lowest BCUT2D eigenvalue weighted by Crippen LogP contribution is -2.40. The number of hydrogen-bond donors (Lipinski definition) is 2. The van der Waals surface area contributed by atoms with Gasteiger partial charge >= 0.3 is 0 Å². The van der Waals surface area contributed by atoms with Crippen LogP contribution in [0.4, 0.5) is 0 Å². The molecular formula is C21H33N3O2S. The average Bonchev–Trinajstić information content (AvgIpc) is 2.67. The Hall–Kier alpha value is -1.82. The highest BCUT2D eigenvalue weighted by atomic mass is 32.1. The second-order valence-electron chi connectivity index (χ2n) is 6.87. The highest BCUT2D eigenvalue weighted by molar-refractivity contribution is 7.80. The van der Waals surface area contributed by atoms with Gasteiger partial charge < -0.3 is 14.8 Å². The predicted octanol–water partition coefficient (Wildman–Crippen LogP) is 4.79. The van der Waals surface area contributed by atoms with E-state index in [1.807, 2.05) is 25.1 Å². The second kappa shape index (κ2) is 12.5. The van der Waals surface area contributed by atoms with E-state index >= 15 is 0 Å². The smallest absolute Gasteiger partial charge is 0.187 e. The zero-order valence-corrected chi connectivity index (χ0v) is 17.4. The van der Waals surface area contributed by atoms with Crippen LogP contribution >= 0.6 is 12.2 Å². The van der Waals surface area contributed by atoms with E-state index in [1.165, 1.54) is 44.9 Å². The maximum absolute atomic E-state index is 5.86. The van der Waals surface area contributed by atoms with Gasteiger partial charge in [0.25, 0.3) is 0 Å². The number of thiocarbonyl (C=S) groups is 1. The van der Waals surface area contributed by atoms with Crippen LogP contribution in [0.5, 0.6) is 11.5 Å². The summed E-state index contributed by atoms with van der Waals surface area (Å²) in [5.74, 6) is 1.54. The number of rotatable bonds is 10. The molecule has 0 unspecified atom stereocenters. The lowest BCUT2D eigenvalue weighted by molar-refractivity contribution is 0.271. The van der Waals surface area contributed by atoms with Crippen LogP contribution in [-0.4, -0.2) is 30.6 Å². The van der Waals surface area contributed by atoms with E-state index in [-0.39, 0.29) is 0 Å². The van der Waals surface area contributed by atoms with Crippen LogP contribution in [0, 0.1) is 0 Å². The molecule has 0 amide bonds. The van der Waals surface area contributed by atoms with Gasteiger partial charge in [-0.15, -0.1) is 0 Å². The summed E-state index contributed by atoms with van der Waals surface area (Å²) in [4.78, 5) is 0. The van der Waals surface area contributed by atoms with E-state index in [2.05, 4.69) is 22.8 Å². The minimum atomic E-state index is 0.475. The normalized spacial score (nSPS) is 14.9. The highest BCUT2D eigenvalue weighted by Crippen LogP contribution is 2.28. The van der Waals surface area contributed by atoms with Crippen LogP contribution in [0.1, 0.15) is 70.8 Å². The fourth-order valence-electron chi connectivity index (χ4n) is 3.16. The molecule has 1 fully saturated rings. The largest absolute Gasteiger partial charge is 0.490 e. The number of hydrogen-bond acceptors (Lipinski definition) is 4. The van der Waals surface area contributed by atoms with Crippen molar-refractivity contribution in [3.63, 3.8) is 0 Å². The summed E-state index contributed by atoms with van der Waals surface area (Å²) in [7, 11) is 0. The Balaban J connectivity index is 1.85. The van der Waals surface area contributed by atoms with Crippen LogP contribution < -0.4 is 20.2 Å². The molecule has 1 aromatic rings. The quantitative estimate of drug-likeness (QED) is 0.260. The molecule has 0 saturated heterocycles. The zero-order valence-electron chi connectivity index (χ0n) is 16.6. The highest BCUT2D eigenvalue weighted by Gasteiger charge is 2.13. The van der Waals surface area contributed by atoms with Gasteiger partial charge in [-0.25, -0.2) is 0 Å². The molecule has 27 heavy (non-hydrogen) atoms. The number of unbranched alkanes of at least 4 members (excludes halogenated alkanes) is 2. The monoisotopic (exact) mass is 391 g/mol. The number of ether oxygens (including phenoxy) is 2. The van der Waals surface area contributed by atoms with E-state index in [1.54, 1.807) is 6.21 Å². The molecule has 0 atom stereocenters. The van der Waals surface area contributed by atoms with Gasteiger partial charge in [-0.2, -0.15) is 5.10 Å². The van der Waals surface area contributed by atoms with Gasteiger partial charge in [-0.1, -0.05) is 39.0 Å². The van der Waals surface area contributed by atoms with Crippen molar-refractivity contribution in [2.75, 3.05) is 13.2 Å². The summed E-state index contributed by atoms with van der Waals surface area (Å²) in [6.45, 7) is 5.46. The number of nitrogens with one attached hydrogen (secondary N) is 2. The van der Waals surface area contributed by atoms with Gasteiger partial charge in [-0.3, -0.25) is 5.43 Å². The number of hydrazone groups is 1. The fraction of sp³-hybridized carbons (Fsp3) is 0.619. The topological polar surface area (TPSA) is 54.9 Å². The van der Waals surface area contributed by atoms with Gasteiger partial charge in [0, 0.05) is 6.04 Å². The lowest BCUT2D eigenvalue weighted by Gasteiger charge is -2.23. The molecule has 2 N–H and O–H groups in total. The molecule has 6 heteroatoms. The summed E-state index contributed by atoms with van der Waals surface area (Å²) in [5.41, 5.74) is 3.85. The van der Waals surface area contributed by atoms with Crippen LogP contribution in [0.15, 0.2) is 23.3 Å². The van der Waals surface area contributed by atoms with Crippen molar-refractivity contribution >= 4 is 23.5 Å². The summed E-state index contributed by atoms with van der Waals surface area (Å²) in [6.07, 6.45) is 11.4. The summed E-state index contributed by atoms with van der Waals surface area (Å²) < 4.78 is 11.6. The maximum Gasteiger partial charge on any atom is 0.187 e. The summed E-state index contributed by atoms with van der Waals surface area (Å²) in [5, 5.41) is 8.17. The molecular weight excluding hydrogens is 358 g/mol. The van der Waals surface area contributed by atoms with Crippen LogP contribution in [-0.2, 0) is 0 Å². The Kier molecular flexibility index (Phi) is 9.98. The third-order valence-electron chi connectivity index (χ3n) is 4.59. The maximum atomic E-state index is 5.86. The number of benzene rings is 1. The Labute approximate surface area is 168 Å². The standard InChI is InChI=1S/C21H33N3O2S/c1-3-5-9-14-26-19-13-12-17(15-20(19)25-4-2)16-22-24-21(27)23-18-10-7-6-8-11-18/h12-13,15-16,18H,3-11,14H2,1-2H3,(H2,23,24,27)/b22-16+. The van der Waals surface area contributed by atoms with E-state index in [0.29, 0.717) is 24.4 Å². The summed E-state index contributed by atoms with van der Waals surface area (Å²) >= 11 is 5.33. The molecule has 1 aliphatic carbocycles. The van der Waals surface area contributed by atoms with E-state index in [0.717, 1.165) is 23.5 Å². The van der Waals surface area contributed by atoms with Crippen LogP contribution in [0.2, 0.25) is 0 Å². The van der Waals surface area contributed by atoms with Crippen molar-refractivity contribution in [2.24, 2.45) is 5.10 Å². The minimum Gasteiger partial charge on any atom is -0.490 e. The third-order valence-corrected chi connectivity index (χ3v) is 4.80. The molecule has 1 aliphatic rings. The average molecular weight is 392 g/mol. The Bertz CT molecular complexity index is 601. The predicted molar refractivity (Wildman–Crippen MR) is 116 cm³/mol. The molecule has 2 rings (SSSR count). The van der Waals surface area contributed by atoms with Crippen molar-refractivity contribution in [2.45, 2.75) is 71.3 Å². The van der Waals surface area contributed by atoms with Crippen molar-refractivity contribution in [3.8, 4) is 11.5 Å². The molecule has 0 radical (unpaired) electrons. The molecule has 0 aromatic heterocycles. The first-order valence-electron chi connectivity index (χ1n) is 10.2. The molecule has 0 aliphatic heterocycles. The molecule has 0 heterocycles. The van der Waals surface area contributed by atoms with Gasteiger partial charge in [0.1, 0.15) is 0 Å². The van der Waals surface area contributed by atoms with E-state index in [4.69, 9.17) is 21.7 Å². The molecule has 1 aromatic carbocycles. The Morgan fingerprint density at radius 2 is 1.96 bits per heavy atom. The Morgan fingerprint density at radius 1 is 1.15 bits per heavy atom. The first-order chi connectivity index (χ1) is 13.2. The van der Waals surface area contributed by atoms with Crippen molar-refractivity contribution in [1.82, 2.24) is 10.7 Å². The lowest BCUT2D eigenvalue weighted by atomic mass is 9.96. The van der Waals surface area contributed by atoms with Crippen LogP contribution in [0.25, 0.3) is 0 Å². The van der Waals surface area contributed by atoms with Crippen molar-refractivity contribution < 1.29 is 9.47 Å². The van der Waals surface area contributed by atoms with Gasteiger partial charge in [-0.05, 0) is 62.2 Å². The van der Waals surface area contributed by atoms with Crippen molar-refractivity contribution in [3.05, 3.63) is 23.8 Å². The van der Waals surface area contributed by atoms with Crippen LogP contribution in [0.3, 0.4) is 0 Å². The summed E-state index contributed by atoms with van der Waals surface area (Å²) in [6, 6.07) is 6.33. The van der Waals surface area contributed by atoms with Gasteiger partial charge in [0.15, 0.2) is 16.6 Å². The molecule has 0 bridgehead atoms. The van der Waals surface area contributed by atoms with Gasteiger partial charge in [0.2, 0.25) is 0 Å². The van der Waals surface area contributed by atoms with Crippen molar-refractivity contribution in [1.29, 1.82) is 0 Å². The molecule has 150 valence electrons. The molecule has 1 saturated carbocycles. The molecule has 5 nitrogen and oxygen atoms in total. The first-order valence-corrected chi connectivity index (χ1v) is 10.6. The minimum absolute atomic E-state index is 0.475. The SMILES string of the molecule is CCCCCOc1ccc(/C=N/NC(=S)NC2CCCCC2)cc1OCC. The third kappa shape index (κ3) is 8.16. The second-order valence-corrected chi connectivity index (χ2v) is 7.28. The fourth-order valence-corrected chi connectivity index (χ4v) is 3.38. The van der Waals surface area contributed by atoms with E-state index < -0.39 is 0 Å².